The summed E-state index contributed by atoms with van der Waals surface area (Å²) >= 11 is 0. The van der Waals surface area contributed by atoms with E-state index in [-0.39, 0.29) is 11.3 Å². The molecule has 0 bridgehead atoms. The first-order valence-electron chi connectivity index (χ1n) is 9.08. The predicted molar refractivity (Wildman–Crippen MR) is 112 cm³/mol. The fourth-order valence-electron chi connectivity index (χ4n) is 2.11. The Morgan fingerprint density at radius 2 is 1.33 bits per heavy atom. The van der Waals surface area contributed by atoms with Crippen LogP contribution in [0.2, 0.25) is 0 Å². The Hall–Kier alpha value is -3.69. The summed E-state index contributed by atoms with van der Waals surface area (Å²) in [6, 6.07) is 10.1. The van der Waals surface area contributed by atoms with E-state index in [1.807, 2.05) is 36.7 Å². The standard InChI is InChI=1S/2C7H10N2.C7H5NO4/c2*8-4-3-7-2-1-5-9-6-7;9-6(10)4-1-2-8-5(3-4)7(11)12/h2*1-2,5-6H,3-4,8H2;1-3H,(H,9,10)(H,11,12). The normalized spacial score (nSPS) is 9.40. The minimum atomic E-state index is -1.24. The van der Waals surface area contributed by atoms with Crippen LogP contribution in [0.3, 0.4) is 0 Å². The molecule has 3 aromatic rings. The largest absolute Gasteiger partial charge is 0.478 e. The van der Waals surface area contributed by atoms with Crippen LogP contribution in [0.25, 0.3) is 0 Å². The van der Waals surface area contributed by atoms with E-state index in [0.29, 0.717) is 13.1 Å². The van der Waals surface area contributed by atoms with E-state index in [1.54, 1.807) is 12.4 Å². The number of hydrogen-bond donors (Lipinski definition) is 4. The zero-order chi connectivity index (χ0) is 22.2. The van der Waals surface area contributed by atoms with Gasteiger partial charge in [-0.2, -0.15) is 0 Å². The maximum absolute atomic E-state index is 10.4. The van der Waals surface area contributed by atoms with E-state index in [2.05, 4.69) is 15.0 Å². The second-order valence-corrected chi connectivity index (χ2v) is 5.84. The molecule has 0 aliphatic heterocycles. The molecule has 0 atom stereocenters. The van der Waals surface area contributed by atoms with Gasteiger partial charge in [-0.25, -0.2) is 14.6 Å². The zero-order valence-electron chi connectivity index (χ0n) is 16.4. The molecule has 30 heavy (non-hydrogen) atoms. The van der Waals surface area contributed by atoms with Gasteiger partial charge < -0.3 is 21.7 Å². The number of nitrogens with zero attached hydrogens (tertiary/aromatic N) is 3. The van der Waals surface area contributed by atoms with E-state index in [9.17, 15) is 9.59 Å². The summed E-state index contributed by atoms with van der Waals surface area (Å²) in [5.41, 5.74) is 12.7. The Morgan fingerprint density at radius 3 is 1.70 bits per heavy atom. The SMILES string of the molecule is NCCc1cccnc1.NCCc1cccnc1.O=C(O)c1ccnc(C(=O)O)c1. The molecule has 0 amide bonds. The van der Waals surface area contributed by atoms with Crippen LogP contribution in [0.15, 0.2) is 67.4 Å². The molecule has 3 aromatic heterocycles. The highest BCUT2D eigenvalue weighted by molar-refractivity contribution is 5.92. The van der Waals surface area contributed by atoms with Crippen molar-refractivity contribution >= 4 is 11.9 Å². The fourth-order valence-corrected chi connectivity index (χ4v) is 2.11. The van der Waals surface area contributed by atoms with Gasteiger partial charge in [-0.05, 0) is 61.3 Å². The molecule has 9 nitrogen and oxygen atoms in total. The van der Waals surface area contributed by atoms with Crippen LogP contribution in [0.5, 0.6) is 0 Å². The molecule has 3 heterocycles. The van der Waals surface area contributed by atoms with Crippen LogP contribution in [0, 0.1) is 0 Å². The number of aromatic carboxylic acids is 2. The van der Waals surface area contributed by atoms with E-state index >= 15 is 0 Å². The average molecular weight is 411 g/mol. The molecule has 0 saturated heterocycles. The first-order valence-corrected chi connectivity index (χ1v) is 9.08. The number of rotatable bonds is 6. The van der Waals surface area contributed by atoms with E-state index in [0.717, 1.165) is 25.1 Å². The van der Waals surface area contributed by atoms with Crippen LogP contribution in [-0.4, -0.2) is 50.2 Å². The molecular formula is C21H25N5O4. The van der Waals surface area contributed by atoms with Crippen LogP contribution < -0.4 is 11.5 Å². The van der Waals surface area contributed by atoms with Crippen LogP contribution in [-0.2, 0) is 12.8 Å². The maximum Gasteiger partial charge on any atom is 0.354 e. The summed E-state index contributed by atoms with van der Waals surface area (Å²) < 4.78 is 0. The van der Waals surface area contributed by atoms with Gasteiger partial charge in [0.1, 0.15) is 5.69 Å². The first kappa shape index (κ1) is 24.3. The molecule has 0 radical (unpaired) electrons. The van der Waals surface area contributed by atoms with Crippen LogP contribution in [0.1, 0.15) is 32.0 Å². The summed E-state index contributed by atoms with van der Waals surface area (Å²) in [6.45, 7) is 1.40. The number of aromatic nitrogens is 3. The quantitative estimate of drug-likeness (QED) is 0.471. The summed E-state index contributed by atoms with van der Waals surface area (Å²) in [7, 11) is 0. The van der Waals surface area contributed by atoms with Gasteiger partial charge in [0.05, 0.1) is 5.56 Å². The highest BCUT2D eigenvalue weighted by atomic mass is 16.4. The molecule has 6 N–H and O–H groups in total. The number of nitrogens with two attached hydrogens (primary N) is 2. The van der Waals surface area contributed by atoms with Crippen molar-refractivity contribution in [2.24, 2.45) is 11.5 Å². The molecule has 0 aliphatic rings. The lowest BCUT2D eigenvalue weighted by Crippen LogP contribution is -2.03. The molecule has 3 rings (SSSR count). The fraction of sp³-hybridized carbons (Fsp3) is 0.190. The Balaban J connectivity index is 0.000000229. The van der Waals surface area contributed by atoms with Gasteiger partial charge in [-0.15, -0.1) is 0 Å². The van der Waals surface area contributed by atoms with Crippen molar-refractivity contribution in [2.75, 3.05) is 13.1 Å². The number of pyridine rings is 3. The third kappa shape index (κ3) is 10.0. The first-order chi connectivity index (χ1) is 14.5. The topological polar surface area (TPSA) is 165 Å². The van der Waals surface area contributed by atoms with Crippen molar-refractivity contribution in [3.8, 4) is 0 Å². The summed E-state index contributed by atoms with van der Waals surface area (Å²) in [6.07, 6.45) is 10.2. The van der Waals surface area contributed by atoms with E-state index in [4.69, 9.17) is 21.7 Å². The molecule has 0 saturated carbocycles. The lowest BCUT2D eigenvalue weighted by Gasteiger charge is -1.94. The van der Waals surface area contributed by atoms with Gasteiger partial charge in [0.2, 0.25) is 0 Å². The predicted octanol–water partition coefficient (Wildman–Crippen LogP) is 1.64. The number of carbonyl (C=O) groups is 2. The van der Waals surface area contributed by atoms with Crippen molar-refractivity contribution in [3.05, 3.63) is 89.8 Å². The molecule has 0 fully saturated rings. The van der Waals surface area contributed by atoms with Gasteiger partial charge in [-0.3, -0.25) is 9.97 Å². The summed E-state index contributed by atoms with van der Waals surface area (Å²) in [5.74, 6) is -2.40. The Labute approximate surface area is 174 Å². The minimum absolute atomic E-state index is 0.0811. The van der Waals surface area contributed by atoms with Crippen LogP contribution >= 0.6 is 0 Å². The molecule has 0 spiro atoms. The van der Waals surface area contributed by atoms with Gasteiger partial charge in [-0.1, -0.05) is 12.1 Å². The smallest absolute Gasteiger partial charge is 0.354 e. The van der Waals surface area contributed by atoms with Gasteiger partial charge in [0, 0.05) is 31.0 Å². The molecule has 9 heteroatoms. The highest BCUT2D eigenvalue weighted by Gasteiger charge is 2.08. The Morgan fingerprint density at radius 1 is 0.800 bits per heavy atom. The van der Waals surface area contributed by atoms with E-state index in [1.165, 1.54) is 17.2 Å². The molecule has 0 aromatic carbocycles. The minimum Gasteiger partial charge on any atom is -0.478 e. The lowest BCUT2D eigenvalue weighted by atomic mass is 10.2. The Kier molecular flexibility index (Phi) is 11.6. The van der Waals surface area contributed by atoms with Crippen molar-refractivity contribution in [2.45, 2.75) is 12.8 Å². The lowest BCUT2D eigenvalue weighted by molar-refractivity contribution is 0.0690. The monoisotopic (exact) mass is 411 g/mol. The maximum atomic E-state index is 10.4. The van der Waals surface area contributed by atoms with Crippen molar-refractivity contribution < 1.29 is 19.8 Å². The number of carboxylic acid groups (broad SMARTS) is 2. The van der Waals surface area contributed by atoms with Crippen molar-refractivity contribution in [3.63, 3.8) is 0 Å². The second kappa shape index (κ2) is 14.3. The van der Waals surface area contributed by atoms with Crippen molar-refractivity contribution in [1.82, 2.24) is 15.0 Å². The number of carboxylic acids is 2. The number of hydrogen-bond acceptors (Lipinski definition) is 7. The highest BCUT2D eigenvalue weighted by Crippen LogP contribution is 2.01. The van der Waals surface area contributed by atoms with Crippen LogP contribution in [0.4, 0.5) is 0 Å². The summed E-state index contributed by atoms with van der Waals surface area (Å²) in [4.78, 5) is 32.0. The van der Waals surface area contributed by atoms with E-state index < -0.39 is 11.9 Å². The van der Waals surface area contributed by atoms with Gasteiger partial charge in [0.25, 0.3) is 0 Å². The summed E-state index contributed by atoms with van der Waals surface area (Å²) in [5, 5.41) is 16.9. The van der Waals surface area contributed by atoms with Gasteiger partial charge in [0.15, 0.2) is 0 Å². The third-order valence-corrected chi connectivity index (χ3v) is 3.54. The average Bonchev–Trinajstić information content (AvgIpc) is 2.77. The Bertz CT molecular complexity index is 821. The molecular weight excluding hydrogens is 386 g/mol. The third-order valence-electron chi connectivity index (χ3n) is 3.54. The molecule has 0 unspecified atom stereocenters. The van der Waals surface area contributed by atoms with Crippen molar-refractivity contribution in [1.29, 1.82) is 0 Å². The molecule has 158 valence electrons. The molecule has 0 aliphatic carbocycles. The van der Waals surface area contributed by atoms with Gasteiger partial charge >= 0.3 is 11.9 Å². The zero-order valence-corrected chi connectivity index (χ0v) is 16.4. The second-order valence-electron chi connectivity index (χ2n) is 5.84.